The first-order valence-corrected chi connectivity index (χ1v) is 10.3. The van der Waals surface area contributed by atoms with Gasteiger partial charge in [-0.05, 0) is 63.4 Å². The first-order chi connectivity index (χ1) is 14.4. The summed E-state index contributed by atoms with van der Waals surface area (Å²) in [5, 5.41) is 3.14. The number of carbonyl (C=O) groups excluding carboxylic acids is 3. The van der Waals surface area contributed by atoms with Gasteiger partial charge in [-0.1, -0.05) is 11.6 Å². The van der Waals surface area contributed by atoms with Gasteiger partial charge in [-0.15, -0.1) is 0 Å². The molecule has 1 aliphatic rings. The molecule has 7 nitrogen and oxygen atoms in total. The Balaban J connectivity index is 1.83. The maximum atomic E-state index is 12.9. The molecular formula is C22H24ClN3O4. The lowest BCUT2D eigenvalue weighted by molar-refractivity contribution is 0.0524. The van der Waals surface area contributed by atoms with Gasteiger partial charge in [0, 0.05) is 18.1 Å². The molecule has 30 heavy (non-hydrogen) atoms. The molecule has 0 saturated carbocycles. The van der Waals surface area contributed by atoms with Crippen molar-refractivity contribution in [3.05, 3.63) is 57.9 Å². The zero-order valence-electron chi connectivity index (χ0n) is 17.0. The number of hydrogen-bond acceptors (Lipinski definition) is 5. The topological polar surface area (TPSA) is 88.6 Å². The molecule has 0 radical (unpaired) electrons. The number of halogens is 1. The van der Waals surface area contributed by atoms with Crippen molar-refractivity contribution in [2.45, 2.75) is 33.1 Å². The summed E-state index contributed by atoms with van der Waals surface area (Å²) in [7, 11) is 0. The molecule has 1 aliphatic heterocycles. The van der Waals surface area contributed by atoms with E-state index in [0.29, 0.717) is 40.6 Å². The SMILES string of the molecule is CCOC(=O)c1ccc(C(=O)Nc2cc(Cl)ccc2C(=O)N2CCCCC2)nc1C. The van der Waals surface area contributed by atoms with Gasteiger partial charge in [0.25, 0.3) is 11.8 Å². The Morgan fingerprint density at radius 3 is 2.47 bits per heavy atom. The van der Waals surface area contributed by atoms with Gasteiger partial charge in [0.2, 0.25) is 0 Å². The molecule has 1 fully saturated rings. The summed E-state index contributed by atoms with van der Waals surface area (Å²) in [5.41, 5.74) is 1.53. The minimum Gasteiger partial charge on any atom is -0.462 e. The van der Waals surface area contributed by atoms with Gasteiger partial charge in [0.05, 0.1) is 29.1 Å². The molecule has 158 valence electrons. The Labute approximate surface area is 180 Å². The van der Waals surface area contributed by atoms with Gasteiger partial charge in [0.1, 0.15) is 5.69 Å². The molecule has 2 amide bonds. The van der Waals surface area contributed by atoms with Crippen molar-refractivity contribution in [3.63, 3.8) is 0 Å². The highest BCUT2D eigenvalue weighted by Gasteiger charge is 2.23. The molecule has 8 heteroatoms. The number of aryl methyl sites for hydroxylation is 1. The van der Waals surface area contributed by atoms with Crippen molar-refractivity contribution in [2.75, 3.05) is 25.0 Å². The molecule has 1 aromatic heterocycles. The summed E-state index contributed by atoms with van der Waals surface area (Å²) < 4.78 is 4.98. The van der Waals surface area contributed by atoms with Gasteiger partial charge in [-0.2, -0.15) is 0 Å². The molecule has 1 aromatic carbocycles. The highest BCUT2D eigenvalue weighted by Crippen LogP contribution is 2.24. The minimum absolute atomic E-state index is 0.122. The van der Waals surface area contributed by atoms with Crippen LogP contribution in [0, 0.1) is 6.92 Å². The van der Waals surface area contributed by atoms with Crippen LogP contribution in [0.15, 0.2) is 30.3 Å². The summed E-state index contributed by atoms with van der Waals surface area (Å²) >= 11 is 6.10. The number of ether oxygens (including phenoxy) is 1. The van der Waals surface area contributed by atoms with E-state index >= 15 is 0 Å². The summed E-state index contributed by atoms with van der Waals surface area (Å²) in [6.07, 6.45) is 3.05. The maximum Gasteiger partial charge on any atom is 0.339 e. The van der Waals surface area contributed by atoms with Crippen LogP contribution in [0.3, 0.4) is 0 Å². The lowest BCUT2D eigenvalue weighted by atomic mass is 10.1. The fourth-order valence-corrected chi connectivity index (χ4v) is 3.54. The van der Waals surface area contributed by atoms with Crippen LogP contribution in [0.2, 0.25) is 5.02 Å². The third kappa shape index (κ3) is 4.97. The predicted molar refractivity (Wildman–Crippen MR) is 114 cm³/mol. The summed E-state index contributed by atoms with van der Waals surface area (Å²) in [6.45, 7) is 5.00. The second kappa shape index (κ2) is 9.71. The number of pyridine rings is 1. The summed E-state index contributed by atoms with van der Waals surface area (Å²) in [5.74, 6) is -1.12. The maximum absolute atomic E-state index is 12.9. The number of anilines is 1. The van der Waals surface area contributed by atoms with E-state index in [-0.39, 0.29) is 18.2 Å². The van der Waals surface area contributed by atoms with Crippen molar-refractivity contribution in [2.24, 2.45) is 0 Å². The molecular weight excluding hydrogens is 406 g/mol. The number of benzene rings is 1. The Kier molecular flexibility index (Phi) is 7.05. The lowest BCUT2D eigenvalue weighted by Gasteiger charge is -2.27. The standard InChI is InChI=1S/C22H24ClN3O4/c1-3-30-22(29)16-9-10-18(24-14(16)2)20(27)25-19-13-15(23)7-8-17(19)21(28)26-11-5-4-6-12-26/h7-10,13H,3-6,11-12H2,1-2H3,(H,25,27). The molecule has 0 unspecified atom stereocenters. The van der Waals surface area contributed by atoms with Crippen molar-refractivity contribution in [1.82, 2.24) is 9.88 Å². The molecule has 0 atom stereocenters. The van der Waals surface area contributed by atoms with E-state index in [9.17, 15) is 14.4 Å². The van der Waals surface area contributed by atoms with E-state index < -0.39 is 11.9 Å². The average molecular weight is 430 g/mol. The number of rotatable bonds is 5. The summed E-state index contributed by atoms with van der Waals surface area (Å²) in [4.78, 5) is 43.7. The number of nitrogens with one attached hydrogen (secondary N) is 1. The van der Waals surface area contributed by atoms with Crippen LogP contribution in [0.1, 0.15) is 63.1 Å². The molecule has 0 spiro atoms. The molecule has 3 rings (SSSR count). The van der Waals surface area contributed by atoms with Crippen LogP contribution < -0.4 is 5.32 Å². The minimum atomic E-state index is -0.497. The van der Waals surface area contributed by atoms with E-state index in [4.69, 9.17) is 16.3 Å². The number of aromatic nitrogens is 1. The third-order valence-electron chi connectivity index (χ3n) is 4.92. The van der Waals surface area contributed by atoms with E-state index in [1.165, 1.54) is 12.1 Å². The molecule has 0 bridgehead atoms. The van der Waals surface area contributed by atoms with Crippen molar-refractivity contribution in [3.8, 4) is 0 Å². The largest absolute Gasteiger partial charge is 0.462 e. The monoisotopic (exact) mass is 429 g/mol. The van der Waals surface area contributed by atoms with Crippen LogP contribution in [-0.2, 0) is 4.74 Å². The molecule has 0 aliphatic carbocycles. The Bertz CT molecular complexity index is 971. The zero-order chi connectivity index (χ0) is 21.7. The fourth-order valence-electron chi connectivity index (χ4n) is 3.37. The molecule has 1 saturated heterocycles. The number of nitrogens with zero attached hydrogens (tertiary/aromatic N) is 2. The smallest absolute Gasteiger partial charge is 0.339 e. The average Bonchev–Trinajstić information content (AvgIpc) is 2.74. The highest BCUT2D eigenvalue weighted by molar-refractivity contribution is 6.31. The molecule has 2 heterocycles. The molecule has 2 aromatic rings. The van der Waals surface area contributed by atoms with Gasteiger partial charge in [0.15, 0.2) is 0 Å². The Morgan fingerprint density at radius 2 is 1.80 bits per heavy atom. The highest BCUT2D eigenvalue weighted by atomic mass is 35.5. The Hall–Kier alpha value is -2.93. The Morgan fingerprint density at radius 1 is 1.10 bits per heavy atom. The number of carbonyl (C=O) groups is 3. The first kappa shape index (κ1) is 21.8. The predicted octanol–water partition coefficient (Wildman–Crippen LogP) is 4.10. The number of piperidine rings is 1. The van der Waals surface area contributed by atoms with E-state index in [1.54, 1.807) is 36.9 Å². The normalized spacial score (nSPS) is 13.6. The van der Waals surface area contributed by atoms with Crippen molar-refractivity contribution < 1.29 is 19.1 Å². The zero-order valence-corrected chi connectivity index (χ0v) is 17.8. The van der Waals surface area contributed by atoms with Crippen molar-refractivity contribution >= 4 is 35.1 Å². The van der Waals surface area contributed by atoms with E-state index in [2.05, 4.69) is 10.3 Å². The van der Waals surface area contributed by atoms with Crippen LogP contribution in [-0.4, -0.2) is 47.4 Å². The van der Waals surface area contributed by atoms with Crippen LogP contribution in [0.5, 0.6) is 0 Å². The second-order valence-corrected chi connectivity index (χ2v) is 7.48. The lowest BCUT2D eigenvalue weighted by Crippen LogP contribution is -2.36. The van der Waals surface area contributed by atoms with Gasteiger partial charge < -0.3 is 15.0 Å². The van der Waals surface area contributed by atoms with Gasteiger partial charge in [-0.3, -0.25) is 9.59 Å². The number of esters is 1. The summed E-state index contributed by atoms with van der Waals surface area (Å²) in [6, 6.07) is 7.76. The van der Waals surface area contributed by atoms with Crippen LogP contribution >= 0.6 is 11.6 Å². The van der Waals surface area contributed by atoms with Gasteiger partial charge >= 0.3 is 5.97 Å². The second-order valence-electron chi connectivity index (χ2n) is 7.05. The van der Waals surface area contributed by atoms with E-state index in [0.717, 1.165) is 19.3 Å². The third-order valence-corrected chi connectivity index (χ3v) is 5.15. The van der Waals surface area contributed by atoms with Crippen LogP contribution in [0.25, 0.3) is 0 Å². The number of amides is 2. The molecule has 1 N–H and O–H groups in total. The quantitative estimate of drug-likeness (QED) is 0.723. The van der Waals surface area contributed by atoms with Crippen LogP contribution in [0.4, 0.5) is 5.69 Å². The first-order valence-electron chi connectivity index (χ1n) is 9.95. The van der Waals surface area contributed by atoms with E-state index in [1.807, 2.05) is 0 Å². The van der Waals surface area contributed by atoms with Gasteiger partial charge in [-0.25, -0.2) is 9.78 Å². The fraction of sp³-hybridized carbons (Fsp3) is 0.364. The number of hydrogen-bond donors (Lipinski definition) is 1. The number of likely N-dealkylation sites (tertiary alicyclic amines) is 1. The van der Waals surface area contributed by atoms with Crippen molar-refractivity contribution in [1.29, 1.82) is 0 Å².